The molecule has 1 aliphatic rings. The highest BCUT2D eigenvalue weighted by molar-refractivity contribution is 5.94. The minimum absolute atomic E-state index is 0.0942. The van der Waals surface area contributed by atoms with Gasteiger partial charge in [0.15, 0.2) is 0 Å². The summed E-state index contributed by atoms with van der Waals surface area (Å²) in [6.45, 7) is 1.60. The van der Waals surface area contributed by atoms with Crippen molar-refractivity contribution in [2.75, 3.05) is 32.6 Å². The average Bonchev–Trinajstić information content (AvgIpc) is 3.22. The van der Waals surface area contributed by atoms with Crippen LogP contribution in [-0.4, -0.2) is 44.3 Å². The number of para-hydroxylation sites is 1. The maximum atomic E-state index is 12.6. The number of nitrogens with zero attached hydrogens (tertiary/aromatic N) is 1. The summed E-state index contributed by atoms with van der Waals surface area (Å²) in [4.78, 5) is 14.3. The Bertz CT molecular complexity index is 739. The van der Waals surface area contributed by atoms with Crippen molar-refractivity contribution < 1.29 is 14.3 Å². The van der Waals surface area contributed by atoms with Gasteiger partial charge in [0.25, 0.3) is 0 Å². The highest BCUT2D eigenvalue weighted by atomic mass is 16.5. The Balaban J connectivity index is 1.59. The molecule has 2 aromatic rings. The van der Waals surface area contributed by atoms with Crippen LogP contribution < -0.4 is 10.1 Å². The van der Waals surface area contributed by atoms with Crippen LogP contribution in [0.2, 0.25) is 0 Å². The predicted molar refractivity (Wildman–Crippen MR) is 108 cm³/mol. The molecule has 3 rings (SSSR count). The molecule has 0 unspecified atom stereocenters. The van der Waals surface area contributed by atoms with E-state index in [2.05, 4.69) is 5.32 Å². The monoisotopic (exact) mass is 368 g/mol. The molecule has 1 N–H and O–H groups in total. The second-order valence-electron chi connectivity index (χ2n) is 6.90. The van der Waals surface area contributed by atoms with E-state index in [1.165, 1.54) is 0 Å². The summed E-state index contributed by atoms with van der Waals surface area (Å²) in [7, 11) is 3.48. The molecule has 0 saturated carbocycles. The first kappa shape index (κ1) is 19.2. The van der Waals surface area contributed by atoms with Crippen LogP contribution in [0.5, 0.6) is 5.75 Å². The molecule has 0 aliphatic carbocycles. The first-order chi connectivity index (χ1) is 13.2. The van der Waals surface area contributed by atoms with Gasteiger partial charge in [-0.05, 0) is 49.4 Å². The number of carbonyl (C=O) groups is 1. The summed E-state index contributed by atoms with van der Waals surface area (Å²) in [5, 5.41) is 3.04. The van der Waals surface area contributed by atoms with Crippen LogP contribution in [0.25, 0.3) is 11.1 Å². The van der Waals surface area contributed by atoms with E-state index in [9.17, 15) is 4.79 Å². The molecule has 0 spiro atoms. The lowest BCUT2D eigenvalue weighted by atomic mass is 10.0. The van der Waals surface area contributed by atoms with Crippen LogP contribution in [0.15, 0.2) is 48.5 Å². The van der Waals surface area contributed by atoms with Crippen LogP contribution in [-0.2, 0) is 4.74 Å². The summed E-state index contributed by atoms with van der Waals surface area (Å²) < 4.78 is 10.9. The molecule has 1 aliphatic heterocycles. The molecule has 1 heterocycles. The molecule has 5 heteroatoms. The maximum Gasteiger partial charge on any atom is 0.321 e. The van der Waals surface area contributed by atoms with Crippen molar-refractivity contribution in [3.05, 3.63) is 48.5 Å². The number of benzene rings is 2. The summed E-state index contributed by atoms with van der Waals surface area (Å²) in [5.74, 6) is 0.811. The zero-order valence-electron chi connectivity index (χ0n) is 16.1. The van der Waals surface area contributed by atoms with Crippen molar-refractivity contribution in [3.8, 4) is 16.9 Å². The number of hydrogen-bond acceptors (Lipinski definition) is 3. The first-order valence-corrected chi connectivity index (χ1v) is 9.54. The summed E-state index contributed by atoms with van der Waals surface area (Å²) in [5.41, 5.74) is 2.83. The van der Waals surface area contributed by atoms with Crippen LogP contribution in [0.3, 0.4) is 0 Å². The highest BCUT2D eigenvalue weighted by Crippen LogP contribution is 2.29. The smallest absolute Gasteiger partial charge is 0.321 e. The maximum absolute atomic E-state index is 12.6. The summed E-state index contributed by atoms with van der Waals surface area (Å²) in [6, 6.07) is 15.6. The molecule has 0 aromatic heterocycles. The van der Waals surface area contributed by atoms with Crippen molar-refractivity contribution in [2.24, 2.45) is 0 Å². The van der Waals surface area contributed by atoms with Gasteiger partial charge in [-0.3, -0.25) is 0 Å². The lowest BCUT2D eigenvalue weighted by Gasteiger charge is -2.20. The van der Waals surface area contributed by atoms with E-state index >= 15 is 0 Å². The minimum Gasteiger partial charge on any atom is -0.497 e. The third-order valence-corrected chi connectivity index (χ3v) is 4.96. The summed E-state index contributed by atoms with van der Waals surface area (Å²) in [6.07, 6.45) is 4.64. The van der Waals surface area contributed by atoms with E-state index in [-0.39, 0.29) is 6.03 Å². The number of urea groups is 1. The fraction of sp³-hybridized carbons (Fsp3) is 0.409. The molecular formula is C22H28N2O3. The van der Waals surface area contributed by atoms with Gasteiger partial charge in [0.05, 0.1) is 18.9 Å². The largest absolute Gasteiger partial charge is 0.497 e. The molecule has 0 radical (unpaired) electrons. The van der Waals surface area contributed by atoms with E-state index in [1.807, 2.05) is 55.6 Å². The SMILES string of the molecule is COc1ccc(-c2ccccc2NC(=O)N(C)CCC[C@H]2CCCO2)cc1. The highest BCUT2D eigenvalue weighted by Gasteiger charge is 2.16. The van der Waals surface area contributed by atoms with E-state index < -0.39 is 0 Å². The predicted octanol–water partition coefficient (Wildman–Crippen LogP) is 4.79. The zero-order valence-corrected chi connectivity index (χ0v) is 16.1. The Morgan fingerprint density at radius 1 is 1.22 bits per heavy atom. The summed E-state index contributed by atoms with van der Waals surface area (Å²) >= 11 is 0. The molecule has 1 fully saturated rings. The molecule has 2 aromatic carbocycles. The number of carbonyl (C=O) groups excluding carboxylic acids is 1. The minimum atomic E-state index is -0.0942. The quantitative estimate of drug-likeness (QED) is 0.765. The fourth-order valence-electron chi connectivity index (χ4n) is 3.35. The van der Waals surface area contributed by atoms with E-state index in [0.29, 0.717) is 6.10 Å². The normalized spacial score (nSPS) is 16.1. The number of amides is 2. The van der Waals surface area contributed by atoms with Crippen LogP contribution in [0.1, 0.15) is 25.7 Å². The van der Waals surface area contributed by atoms with Crippen molar-refractivity contribution >= 4 is 11.7 Å². The van der Waals surface area contributed by atoms with Gasteiger partial charge in [-0.15, -0.1) is 0 Å². The third kappa shape index (κ3) is 5.23. The van der Waals surface area contributed by atoms with Gasteiger partial charge in [0, 0.05) is 25.8 Å². The third-order valence-electron chi connectivity index (χ3n) is 4.96. The molecule has 5 nitrogen and oxygen atoms in total. The Hall–Kier alpha value is -2.53. The van der Waals surface area contributed by atoms with Crippen LogP contribution >= 0.6 is 0 Å². The second kappa shape index (κ2) is 9.42. The number of anilines is 1. The van der Waals surface area contributed by atoms with Gasteiger partial charge in [-0.1, -0.05) is 30.3 Å². The Morgan fingerprint density at radius 2 is 2.00 bits per heavy atom. The Labute approximate surface area is 161 Å². The van der Waals surface area contributed by atoms with Crippen LogP contribution in [0, 0.1) is 0 Å². The first-order valence-electron chi connectivity index (χ1n) is 9.54. The van der Waals surface area contributed by atoms with E-state index in [4.69, 9.17) is 9.47 Å². The van der Waals surface area contributed by atoms with Gasteiger partial charge >= 0.3 is 6.03 Å². The lowest BCUT2D eigenvalue weighted by molar-refractivity contribution is 0.101. The molecule has 1 saturated heterocycles. The average molecular weight is 368 g/mol. The molecule has 2 amide bonds. The number of methoxy groups -OCH3 is 1. The zero-order chi connectivity index (χ0) is 19.1. The van der Waals surface area contributed by atoms with E-state index in [1.54, 1.807) is 12.0 Å². The van der Waals surface area contributed by atoms with Gasteiger partial charge in [0.1, 0.15) is 5.75 Å². The fourth-order valence-corrected chi connectivity index (χ4v) is 3.35. The molecular weight excluding hydrogens is 340 g/mol. The number of ether oxygens (including phenoxy) is 2. The number of nitrogens with one attached hydrogen (secondary N) is 1. The molecule has 27 heavy (non-hydrogen) atoms. The van der Waals surface area contributed by atoms with Gasteiger partial charge in [0.2, 0.25) is 0 Å². The van der Waals surface area contributed by atoms with Crippen molar-refractivity contribution in [1.82, 2.24) is 4.90 Å². The van der Waals surface area contributed by atoms with Gasteiger partial charge in [-0.25, -0.2) is 4.79 Å². The van der Waals surface area contributed by atoms with E-state index in [0.717, 1.165) is 61.4 Å². The van der Waals surface area contributed by atoms with Gasteiger partial charge < -0.3 is 19.7 Å². The standard InChI is InChI=1S/C22H28N2O3/c1-24(15-5-7-19-8-6-16-27-19)22(25)23-21-10-4-3-9-20(21)17-11-13-18(26-2)14-12-17/h3-4,9-14,19H,5-8,15-16H2,1-2H3,(H,23,25)/t19-/m0/s1. The lowest BCUT2D eigenvalue weighted by Crippen LogP contribution is -2.32. The number of hydrogen-bond donors (Lipinski definition) is 1. The Morgan fingerprint density at radius 3 is 2.70 bits per heavy atom. The topological polar surface area (TPSA) is 50.8 Å². The van der Waals surface area contributed by atoms with Crippen LogP contribution in [0.4, 0.5) is 10.5 Å². The van der Waals surface area contributed by atoms with Crippen molar-refractivity contribution in [3.63, 3.8) is 0 Å². The molecule has 0 bridgehead atoms. The second-order valence-corrected chi connectivity index (χ2v) is 6.90. The molecule has 1 atom stereocenters. The van der Waals surface area contributed by atoms with Crippen molar-refractivity contribution in [1.29, 1.82) is 0 Å². The number of rotatable bonds is 7. The molecule has 144 valence electrons. The van der Waals surface area contributed by atoms with Crippen molar-refractivity contribution in [2.45, 2.75) is 31.8 Å². The van der Waals surface area contributed by atoms with Gasteiger partial charge in [-0.2, -0.15) is 0 Å². The Kier molecular flexibility index (Phi) is 6.71.